The largest absolute Gasteiger partial charge is 0.422 e. The average Bonchev–Trinajstić information content (AvgIpc) is 2.09. The fraction of sp³-hybridized carbons (Fsp3) is 0.125. The van der Waals surface area contributed by atoms with Gasteiger partial charge in [-0.05, 0) is 6.07 Å². The number of anilines is 4. The summed E-state index contributed by atoms with van der Waals surface area (Å²) < 4.78 is 4.79. The second kappa shape index (κ2) is 3.33. The molecule has 0 unspecified atom stereocenters. The number of nitrogen functional groups attached to an aromatic ring is 4. The van der Waals surface area contributed by atoms with Crippen LogP contribution in [0.4, 0.5) is 22.7 Å². The normalized spacial score (nSPS) is 9.79. The minimum atomic E-state index is -0.534. The van der Waals surface area contributed by atoms with Gasteiger partial charge >= 0.3 is 5.97 Å². The van der Waals surface area contributed by atoms with E-state index in [2.05, 4.69) is 0 Å². The second-order valence-corrected chi connectivity index (χ2v) is 2.81. The van der Waals surface area contributed by atoms with Crippen LogP contribution in [0.5, 0.6) is 5.75 Å². The molecule has 0 aliphatic rings. The Morgan fingerprint density at radius 3 is 1.93 bits per heavy atom. The van der Waals surface area contributed by atoms with Gasteiger partial charge in [0.2, 0.25) is 0 Å². The molecule has 0 radical (unpaired) electrons. The Hall–Kier alpha value is -2.11. The van der Waals surface area contributed by atoms with Crippen LogP contribution in [-0.2, 0) is 4.79 Å². The van der Waals surface area contributed by atoms with Crippen molar-refractivity contribution >= 4 is 28.7 Å². The molecule has 0 heterocycles. The van der Waals surface area contributed by atoms with Crippen LogP contribution in [0.1, 0.15) is 6.92 Å². The van der Waals surface area contributed by atoms with Gasteiger partial charge in [-0.1, -0.05) is 0 Å². The van der Waals surface area contributed by atoms with Crippen molar-refractivity contribution in [2.75, 3.05) is 22.9 Å². The molecule has 0 aromatic heterocycles. The summed E-state index contributed by atoms with van der Waals surface area (Å²) in [6.07, 6.45) is 0. The summed E-state index contributed by atoms with van der Waals surface area (Å²) in [5.74, 6) is -0.511. The summed E-state index contributed by atoms with van der Waals surface area (Å²) in [6.45, 7) is 1.23. The van der Waals surface area contributed by atoms with E-state index in [0.29, 0.717) is 0 Å². The van der Waals surface area contributed by atoms with Gasteiger partial charge in [0.05, 0.1) is 11.4 Å². The van der Waals surface area contributed by atoms with Crippen molar-refractivity contribution < 1.29 is 9.53 Å². The third-order valence-corrected chi connectivity index (χ3v) is 1.67. The highest BCUT2D eigenvalue weighted by molar-refractivity contribution is 5.89. The van der Waals surface area contributed by atoms with E-state index in [1.807, 2.05) is 0 Å². The van der Waals surface area contributed by atoms with Crippen molar-refractivity contribution in [3.63, 3.8) is 0 Å². The Bertz CT molecular complexity index is 363. The van der Waals surface area contributed by atoms with Crippen molar-refractivity contribution in [2.24, 2.45) is 0 Å². The fourth-order valence-corrected chi connectivity index (χ4v) is 0.984. The van der Waals surface area contributed by atoms with Crippen LogP contribution in [0.3, 0.4) is 0 Å². The molecule has 8 N–H and O–H groups in total. The number of carbonyl (C=O) groups is 1. The van der Waals surface area contributed by atoms with Crippen LogP contribution < -0.4 is 27.7 Å². The van der Waals surface area contributed by atoms with Crippen molar-refractivity contribution in [2.45, 2.75) is 6.92 Å². The molecule has 0 saturated heterocycles. The van der Waals surface area contributed by atoms with E-state index in [4.69, 9.17) is 27.7 Å². The van der Waals surface area contributed by atoms with E-state index >= 15 is 0 Å². The van der Waals surface area contributed by atoms with Gasteiger partial charge in [-0.25, -0.2) is 0 Å². The zero-order valence-electron chi connectivity index (χ0n) is 7.70. The van der Waals surface area contributed by atoms with Crippen LogP contribution in [0, 0.1) is 0 Å². The lowest BCUT2D eigenvalue weighted by Crippen LogP contribution is -2.10. The molecule has 0 amide bonds. The maximum atomic E-state index is 10.7. The maximum absolute atomic E-state index is 10.7. The third kappa shape index (κ3) is 1.63. The molecule has 0 spiro atoms. The first-order valence-electron chi connectivity index (χ1n) is 3.84. The Morgan fingerprint density at radius 1 is 1.14 bits per heavy atom. The molecule has 6 heteroatoms. The lowest BCUT2D eigenvalue weighted by atomic mass is 10.2. The number of benzene rings is 1. The Labute approximate surface area is 80.8 Å². The van der Waals surface area contributed by atoms with Crippen molar-refractivity contribution in [3.05, 3.63) is 6.07 Å². The lowest BCUT2D eigenvalue weighted by molar-refractivity contribution is -0.131. The third-order valence-electron chi connectivity index (χ3n) is 1.67. The summed E-state index contributed by atoms with van der Waals surface area (Å²) in [4.78, 5) is 10.7. The number of esters is 1. The van der Waals surface area contributed by atoms with Gasteiger partial charge in [0, 0.05) is 6.92 Å². The topological polar surface area (TPSA) is 130 Å². The van der Waals surface area contributed by atoms with Gasteiger partial charge in [-0.15, -0.1) is 0 Å². The van der Waals surface area contributed by atoms with Crippen LogP contribution in [-0.4, -0.2) is 5.97 Å². The van der Waals surface area contributed by atoms with E-state index < -0.39 is 5.97 Å². The summed E-state index contributed by atoms with van der Waals surface area (Å²) in [6, 6.07) is 1.41. The van der Waals surface area contributed by atoms with Gasteiger partial charge in [0.1, 0.15) is 11.4 Å². The summed E-state index contributed by atoms with van der Waals surface area (Å²) in [7, 11) is 0. The minimum Gasteiger partial charge on any atom is -0.422 e. The molecule has 1 aromatic carbocycles. The average molecular weight is 196 g/mol. The van der Waals surface area contributed by atoms with Gasteiger partial charge in [-0.2, -0.15) is 0 Å². The number of carbonyl (C=O) groups excluding carboxylic acids is 1. The molecule has 0 bridgehead atoms. The number of ether oxygens (including phenoxy) is 1. The smallest absolute Gasteiger partial charge is 0.308 e. The highest BCUT2D eigenvalue weighted by Crippen LogP contribution is 2.38. The van der Waals surface area contributed by atoms with E-state index in [-0.39, 0.29) is 28.5 Å². The van der Waals surface area contributed by atoms with E-state index in [1.165, 1.54) is 13.0 Å². The molecular weight excluding hydrogens is 184 g/mol. The molecule has 14 heavy (non-hydrogen) atoms. The highest BCUT2D eigenvalue weighted by atomic mass is 16.5. The van der Waals surface area contributed by atoms with Crippen molar-refractivity contribution in [3.8, 4) is 5.75 Å². The molecule has 0 aliphatic carbocycles. The predicted octanol–water partition coefficient (Wildman–Crippen LogP) is -0.0593. The van der Waals surface area contributed by atoms with Crippen molar-refractivity contribution in [1.29, 1.82) is 0 Å². The van der Waals surface area contributed by atoms with Crippen LogP contribution >= 0.6 is 0 Å². The van der Waals surface area contributed by atoms with Crippen LogP contribution in [0.25, 0.3) is 0 Å². The zero-order valence-corrected chi connectivity index (χ0v) is 7.70. The first-order valence-corrected chi connectivity index (χ1v) is 3.84. The number of hydrogen-bond donors (Lipinski definition) is 4. The monoisotopic (exact) mass is 196 g/mol. The molecule has 1 rings (SSSR count). The first-order chi connectivity index (χ1) is 6.43. The predicted molar refractivity (Wildman–Crippen MR) is 55.4 cm³/mol. The molecule has 0 aliphatic heterocycles. The summed E-state index contributed by atoms with van der Waals surface area (Å²) >= 11 is 0. The molecule has 0 atom stereocenters. The molecule has 6 nitrogen and oxygen atoms in total. The van der Waals surface area contributed by atoms with E-state index in [0.717, 1.165) is 0 Å². The Morgan fingerprint density at radius 2 is 1.57 bits per heavy atom. The molecule has 0 saturated carbocycles. The Kier molecular flexibility index (Phi) is 2.37. The lowest BCUT2D eigenvalue weighted by Gasteiger charge is -2.12. The fourth-order valence-electron chi connectivity index (χ4n) is 0.984. The van der Waals surface area contributed by atoms with Crippen molar-refractivity contribution in [1.82, 2.24) is 0 Å². The second-order valence-electron chi connectivity index (χ2n) is 2.81. The molecule has 1 aromatic rings. The number of hydrogen-bond acceptors (Lipinski definition) is 6. The molecule has 0 fully saturated rings. The van der Waals surface area contributed by atoms with Crippen LogP contribution in [0.2, 0.25) is 0 Å². The Balaban J connectivity index is 3.31. The van der Waals surface area contributed by atoms with Gasteiger partial charge in [0.25, 0.3) is 0 Å². The van der Waals surface area contributed by atoms with Gasteiger partial charge in [0.15, 0.2) is 5.75 Å². The summed E-state index contributed by atoms with van der Waals surface area (Å²) in [5.41, 5.74) is 22.8. The molecule has 76 valence electrons. The first kappa shape index (κ1) is 9.97. The number of rotatable bonds is 1. The van der Waals surface area contributed by atoms with E-state index in [1.54, 1.807) is 0 Å². The zero-order chi connectivity index (χ0) is 10.9. The highest BCUT2D eigenvalue weighted by Gasteiger charge is 2.13. The SMILES string of the molecule is CC(=O)Oc1c(N)c(N)cc(N)c1N. The standard InChI is InChI=1S/C8H12N4O2/c1-3(13)14-8-6(11)4(9)2-5(10)7(8)12/h2H,9-12H2,1H3. The van der Waals surface area contributed by atoms with Gasteiger partial charge in [-0.3, -0.25) is 4.79 Å². The minimum absolute atomic E-state index is 0.0231. The maximum Gasteiger partial charge on any atom is 0.308 e. The van der Waals surface area contributed by atoms with Crippen LogP contribution in [0.15, 0.2) is 6.07 Å². The number of nitrogens with two attached hydrogens (primary N) is 4. The summed E-state index contributed by atoms with van der Waals surface area (Å²) in [5, 5.41) is 0. The quantitative estimate of drug-likeness (QED) is 0.283. The van der Waals surface area contributed by atoms with Gasteiger partial charge < -0.3 is 27.7 Å². The van der Waals surface area contributed by atoms with E-state index in [9.17, 15) is 4.79 Å². The molecular formula is C8H12N4O2.